The molecule has 2 aromatic heterocycles. The van der Waals surface area contributed by atoms with Gasteiger partial charge in [0.15, 0.2) is 0 Å². The molecule has 6 heteroatoms. The Kier molecular flexibility index (Phi) is 3.89. The van der Waals surface area contributed by atoms with Gasteiger partial charge in [0.2, 0.25) is 0 Å². The first-order chi connectivity index (χ1) is 14.1. The molecule has 0 saturated carbocycles. The largest absolute Gasteiger partial charge is 0.396 e. The Bertz CT molecular complexity index is 1340. The molecule has 0 radical (unpaired) electrons. The number of aryl methyl sites for hydroxylation is 1. The van der Waals surface area contributed by atoms with Crippen LogP contribution >= 0.6 is 0 Å². The minimum absolute atomic E-state index is 0.0376. The van der Waals surface area contributed by atoms with Crippen molar-refractivity contribution in [3.05, 3.63) is 71.5 Å². The van der Waals surface area contributed by atoms with E-state index in [-0.39, 0.29) is 12.5 Å². The maximum atomic E-state index is 12.8. The summed E-state index contributed by atoms with van der Waals surface area (Å²) in [7, 11) is 1.92. The normalized spacial score (nSPS) is 14.4. The molecule has 0 unspecified atom stereocenters. The Morgan fingerprint density at radius 2 is 1.72 bits per heavy atom. The number of benzene rings is 2. The lowest BCUT2D eigenvalue weighted by Gasteiger charge is -2.08. The van der Waals surface area contributed by atoms with Crippen molar-refractivity contribution in [1.29, 1.82) is 0 Å². The molecule has 2 aromatic carbocycles. The van der Waals surface area contributed by atoms with Gasteiger partial charge in [-0.1, -0.05) is 36.4 Å². The number of fused-ring (bicyclic) bond motifs is 2. The van der Waals surface area contributed by atoms with Crippen LogP contribution in [0.5, 0.6) is 0 Å². The van der Waals surface area contributed by atoms with Crippen molar-refractivity contribution in [2.75, 3.05) is 6.61 Å². The zero-order valence-electron chi connectivity index (χ0n) is 15.8. The molecule has 0 aliphatic carbocycles. The molecule has 3 heterocycles. The van der Waals surface area contributed by atoms with Gasteiger partial charge in [0, 0.05) is 53.5 Å². The van der Waals surface area contributed by atoms with E-state index in [9.17, 15) is 14.7 Å². The van der Waals surface area contributed by atoms with Gasteiger partial charge in [0.25, 0.3) is 11.8 Å². The molecule has 0 fully saturated rings. The highest BCUT2D eigenvalue weighted by Gasteiger charge is 2.34. The number of imide groups is 1. The van der Waals surface area contributed by atoms with Gasteiger partial charge in [-0.25, -0.2) is 0 Å². The monoisotopic (exact) mass is 385 g/mol. The summed E-state index contributed by atoms with van der Waals surface area (Å²) < 4.78 is 1.96. The third kappa shape index (κ3) is 2.53. The van der Waals surface area contributed by atoms with Crippen LogP contribution in [-0.4, -0.2) is 33.1 Å². The zero-order chi connectivity index (χ0) is 20.1. The maximum absolute atomic E-state index is 12.8. The van der Waals surface area contributed by atoms with Gasteiger partial charge in [-0.05, 0) is 18.1 Å². The van der Waals surface area contributed by atoms with Crippen molar-refractivity contribution in [1.82, 2.24) is 14.9 Å². The highest BCUT2D eigenvalue weighted by atomic mass is 16.3. The van der Waals surface area contributed by atoms with Crippen LogP contribution in [0.15, 0.2) is 54.9 Å². The topological polar surface area (TPSA) is 87.1 Å². The fourth-order valence-electron chi connectivity index (χ4n) is 4.28. The van der Waals surface area contributed by atoms with Crippen LogP contribution in [0, 0.1) is 0 Å². The average molecular weight is 385 g/mol. The SMILES string of the molecule is Cn1ccc2cccc(C3=C(c4c[nH]c5c(CCO)cccc45)C(=O)NC3=O)c21. The van der Waals surface area contributed by atoms with E-state index in [1.165, 1.54) is 0 Å². The van der Waals surface area contributed by atoms with E-state index >= 15 is 0 Å². The summed E-state index contributed by atoms with van der Waals surface area (Å²) >= 11 is 0. The lowest BCUT2D eigenvalue weighted by atomic mass is 9.94. The van der Waals surface area contributed by atoms with Gasteiger partial charge in [0.05, 0.1) is 16.7 Å². The van der Waals surface area contributed by atoms with E-state index in [0.717, 1.165) is 32.9 Å². The number of amides is 2. The van der Waals surface area contributed by atoms with Crippen LogP contribution in [-0.2, 0) is 23.1 Å². The molecule has 2 amide bonds. The second-order valence-electron chi connectivity index (χ2n) is 7.22. The Hall–Kier alpha value is -3.64. The summed E-state index contributed by atoms with van der Waals surface area (Å²) in [5.74, 6) is -0.788. The highest BCUT2D eigenvalue weighted by Crippen LogP contribution is 2.38. The molecule has 0 bridgehead atoms. The molecular weight excluding hydrogens is 366 g/mol. The number of aromatic nitrogens is 2. The first kappa shape index (κ1) is 17.5. The molecule has 4 aromatic rings. The number of aliphatic hydroxyl groups is 1. The van der Waals surface area contributed by atoms with Crippen molar-refractivity contribution in [2.45, 2.75) is 6.42 Å². The number of H-pyrrole nitrogens is 1. The third-order valence-electron chi connectivity index (χ3n) is 5.55. The molecular formula is C23H19N3O3. The molecule has 3 N–H and O–H groups in total. The summed E-state index contributed by atoms with van der Waals surface area (Å²) in [6.45, 7) is 0.0376. The number of hydrogen-bond acceptors (Lipinski definition) is 3. The predicted molar refractivity (Wildman–Crippen MR) is 112 cm³/mol. The van der Waals surface area contributed by atoms with Crippen LogP contribution in [0.2, 0.25) is 0 Å². The molecule has 144 valence electrons. The summed E-state index contributed by atoms with van der Waals surface area (Å²) in [6.07, 6.45) is 4.22. The summed E-state index contributed by atoms with van der Waals surface area (Å²) in [5, 5.41) is 13.7. The molecule has 6 nitrogen and oxygen atoms in total. The van der Waals surface area contributed by atoms with Gasteiger partial charge in [-0.3, -0.25) is 14.9 Å². The fourth-order valence-corrected chi connectivity index (χ4v) is 4.28. The van der Waals surface area contributed by atoms with Crippen molar-refractivity contribution >= 4 is 44.8 Å². The molecule has 29 heavy (non-hydrogen) atoms. The molecule has 5 rings (SSSR count). The second-order valence-corrected chi connectivity index (χ2v) is 7.22. The maximum Gasteiger partial charge on any atom is 0.259 e. The molecule has 0 spiro atoms. The Morgan fingerprint density at radius 1 is 0.966 bits per heavy atom. The number of aromatic amines is 1. The zero-order valence-corrected chi connectivity index (χ0v) is 15.8. The standard InChI is InChI=1S/C23H19N3O3/c1-26-10-8-14-5-3-7-16(21(14)26)18-19(23(29)25-22(18)28)17-12-24-20-13(9-11-27)4-2-6-15(17)20/h2-8,10,12,24,27H,9,11H2,1H3,(H,25,28,29). The van der Waals surface area contributed by atoms with E-state index in [1.54, 1.807) is 6.20 Å². The number of hydrogen-bond donors (Lipinski definition) is 3. The van der Waals surface area contributed by atoms with Gasteiger partial charge in [-0.15, -0.1) is 0 Å². The summed E-state index contributed by atoms with van der Waals surface area (Å²) in [5.41, 5.74) is 4.91. The van der Waals surface area contributed by atoms with Gasteiger partial charge in [-0.2, -0.15) is 0 Å². The number of carbonyl (C=O) groups excluding carboxylic acids is 2. The summed E-state index contributed by atoms with van der Waals surface area (Å²) in [6, 6.07) is 13.5. The quantitative estimate of drug-likeness (QED) is 0.472. The van der Waals surface area contributed by atoms with E-state index in [4.69, 9.17) is 0 Å². The second kappa shape index (κ2) is 6.46. The molecule has 1 aliphatic rings. The predicted octanol–water partition coefficient (Wildman–Crippen LogP) is 2.76. The van der Waals surface area contributed by atoms with E-state index in [2.05, 4.69) is 10.3 Å². The Labute approximate surface area is 166 Å². The van der Waals surface area contributed by atoms with Gasteiger partial charge in [0.1, 0.15) is 0 Å². The molecule has 0 saturated heterocycles. The third-order valence-corrected chi connectivity index (χ3v) is 5.55. The first-order valence-electron chi connectivity index (χ1n) is 9.44. The number of nitrogens with one attached hydrogen (secondary N) is 2. The van der Waals surface area contributed by atoms with Crippen LogP contribution < -0.4 is 5.32 Å². The van der Waals surface area contributed by atoms with E-state index in [0.29, 0.717) is 23.1 Å². The van der Waals surface area contributed by atoms with Crippen molar-refractivity contribution < 1.29 is 14.7 Å². The number of rotatable bonds is 4. The number of carbonyl (C=O) groups is 2. The van der Waals surface area contributed by atoms with Crippen molar-refractivity contribution in [3.63, 3.8) is 0 Å². The van der Waals surface area contributed by atoms with Crippen LogP contribution in [0.4, 0.5) is 0 Å². The lowest BCUT2D eigenvalue weighted by molar-refractivity contribution is -0.122. The van der Waals surface area contributed by atoms with Crippen molar-refractivity contribution in [3.8, 4) is 0 Å². The Morgan fingerprint density at radius 3 is 2.52 bits per heavy atom. The summed E-state index contributed by atoms with van der Waals surface area (Å²) in [4.78, 5) is 28.9. The molecule has 0 atom stereocenters. The van der Waals surface area contributed by atoms with E-state index in [1.807, 2.05) is 60.3 Å². The number of aliphatic hydroxyl groups excluding tert-OH is 1. The lowest BCUT2D eigenvalue weighted by Crippen LogP contribution is -2.22. The van der Waals surface area contributed by atoms with Crippen molar-refractivity contribution in [2.24, 2.45) is 7.05 Å². The van der Waals surface area contributed by atoms with Crippen LogP contribution in [0.3, 0.4) is 0 Å². The fraction of sp³-hybridized carbons (Fsp3) is 0.130. The van der Waals surface area contributed by atoms with E-state index < -0.39 is 5.91 Å². The Balaban J connectivity index is 1.82. The minimum atomic E-state index is -0.398. The average Bonchev–Trinajstić information content (AvgIpc) is 3.38. The van der Waals surface area contributed by atoms with Crippen LogP contribution in [0.25, 0.3) is 33.0 Å². The highest BCUT2D eigenvalue weighted by molar-refractivity contribution is 6.50. The number of para-hydroxylation sites is 2. The smallest absolute Gasteiger partial charge is 0.259 e. The first-order valence-corrected chi connectivity index (χ1v) is 9.44. The van der Waals surface area contributed by atoms with Gasteiger partial charge >= 0.3 is 0 Å². The number of nitrogens with zero attached hydrogens (tertiary/aromatic N) is 1. The molecule has 1 aliphatic heterocycles. The van der Waals surface area contributed by atoms with Crippen LogP contribution in [0.1, 0.15) is 16.7 Å². The minimum Gasteiger partial charge on any atom is -0.396 e. The van der Waals surface area contributed by atoms with Gasteiger partial charge < -0.3 is 14.7 Å².